The van der Waals surface area contributed by atoms with E-state index in [1.54, 1.807) is 24.3 Å². The first-order chi connectivity index (χ1) is 16.3. The minimum Gasteiger partial charge on any atom is -0.452 e. The number of esters is 1. The maximum atomic E-state index is 12.9. The lowest BCUT2D eigenvalue weighted by Gasteiger charge is -2.29. The van der Waals surface area contributed by atoms with Crippen molar-refractivity contribution in [3.63, 3.8) is 0 Å². The molecule has 0 unspecified atom stereocenters. The standard InChI is InChI=1S/C25H25N3O6/c1-15(29)26-17-8-10-18(11-9-17)27-22(30)14-34-25(33)16-7-12-20-21(13-16)24(32)28(23(20)31)19-5-3-2-4-6-19/h7-13,19H,2-6,14H2,1H3,(H,26,29)(H,27,30). The zero-order valence-electron chi connectivity index (χ0n) is 18.8. The third-order valence-electron chi connectivity index (χ3n) is 5.92. The fraction of sp³-hybridized carbons (Fsp3) is 0.320. The number of fused-ring (bicyclic) bond motifs is 1. The number of ether oxygens (including phenoxy) is 1. The number of hydrogen-bond acceptors (Lipinski definition) is 6. The summed E-state index contributed by atoms with van der Waals surface area (Å²) in [6.45, 7) is 0.871. The van der Waals surface area contributed by atoms with E-state index in [0.717, 1.165) is 32.1 Å². The van der Waals surface area contributed by atoms with E-state index in [4.69, 9.17) is 4.74 Å². The van der Waals surface area contributed by atoms with Gasteiger partial charge in [0.1, 0.15) is 0 Å². The molecule has 9 nitrogen and oxygen atoms in total. The van der Waals surface area contributed by atoms with Crippen LogP contribution < -0.4 is 10.6 Å². The van der Waals surface area contributed by atoms with Crippen LogP contribution in [0.3, 0.4) is 0 Å². The largest absolute Gasteiger partial charge is 0.452 e. The summed E-state index contributed by atoms with van der Waals surface area (Å²) in [5.74, 6) is -2.23. The van der Waals surface area contributed by atoms with Crippen LogP contribution in [0.4, 0.5) is 11.4 Å². The molecule has 1 aliphatic heterocycles. The van der Waals surface area contributed by atoms with Gasteiger partial charge in [-0.25, -0.2) is 4.79 Å². The van der Waals surface area contributed by atoms with Crippen LogP contribution in [0.15, 0.2) is 42.5 Å². The topological polar surface area (TPSA) is 122 Å². The number of anilines is 2. The van der Waals surface area contributed by atoms with Crippen molar-refractivity contribution in [2.75, 3.05) is 17.2 Å². The number of carbonyl (C=O) groups excluding carboxylic acids is 5. The molecule has 1 heterocycles. The average molecular weight is 463 g/mol. The first-order valence-electron chi connectivity index (χ1n) is 11.2. The number of nitrogens with zero attached hydrogens (tertiary/aromatic N) is 1. The molecule has 4 rings (SSSR count). The van der Waals surface area contributed by atoms with Crippen LogP contribution in [0.2, 0.25) is 0 Å². The second-order valence-corrected chi connectivity index (χ2v) is 8.42. The lowest BCUT2D eigenvalue weighted by atomic mass is 9.94. The Bertz CT molecular complexity index is 1150. The number of benzene rings is 2. The predicted octanol–water partition coefficient (Wildman–Crippen LogP) is 3.37. The Labute approximate surface area is 196 Å². The third-order valence-corrected chi connectivity index (χ3v) is 5.92. The first kappa shape index (κ1) is 23.2. The normalized spacial score (nSPS) is 15.6. The van der Waals surface area contributed by atoms with Crippen LogP contribution in [0, 0.1) is 0 Å². The van der Waals surface area contributed by atoms with Crippen molar-refractivity contribution in [2.24, 2.45) is 0 Å². The number of nitrogens with one attached hydrogen (secondary N) is 2. The van der Waals surface area contributed by atoms with Crippen LogP contribution in [-0.4, -0.2) is 47.1 Å². The van der Waals surface area contributed by atoms with Gasteiger partial charge in [-0.3, -0.25) is 24.1 Å². The summed E-state index contributed by atoms with van der Waals surface area (Å²) >= 11 is 0. The molecule has 2 N–H and O–H groups in total. The summed E-state index contributed by atoms with van der Waals surface area (Å²) in [7, 11) is 0. The maximum absolute atomic E-state index is 12.9. The Balaban J connectivity index is 1.35. The molecule has 2 aliphatic rings. The second-order valence-electron chi connectivity index (χ2n) is 8.42. The molecule has 9 heteroatoms. The van der Waals surface area contributed by atoms with Gasteiger partial charge < -0.3 is 15.4 Å². The van der Waals surface area contributed by atoms with Gasteiger partial charge in [-0.2, -0.15) is 0 Å². The van der Waals surface area contributed by atoms with Gasteiger partial charge in [-0.15, -0.1) is 0 Å². The molecule has 0 radical (unpaired) electrons. The van der Waals surface area contributed by atoms with Gasteiger partial charge in [0.15, 0.2) is 6.61 Å². The van der Waals surface area contributed by atoms with Gasteiger partial charge >= 0.3 is 5.97 Å². The fourth-order valence-corrected chi connectivity index (χ4v) is 4.31. The Kier molecular flexibility index (Phi) is 6.72. The van der Waals surface area contributed by atoms with Crippen LogP contribution in [0.1, 0.15) is 70.1 Å². The molecule has 1 saturated carbocycles. The molecule has 0 saturated heterocycles. The van der Waals surface area contributed by atoms with E-state index in [-0.39, 0.29) is 40.5 Å². The second kappa shape index (κ2) is 9.86. The van der Waals surface area contributed by atoms with E-state index in [1.165, 1.54) is 30.0 Å². The first-order valence-corrected chi connectivity index (χ1v) is 11.2. The number of amides is 4. The zero-order valence-corrected chi connectivity index (χ0v) is 18.8. The van der Waals surface area contributed by atoms with Gasteiger partial charge in [-0.05, 0) is 55.3 Å². The molecule has 34 heavy (non-hydrogen) atoms. The van der Waals surface area contributed by atoms with Gasteiger partial charge in [0.2, 0.25) is 5.91 Å². The highest BCUT2D eigenvalue weighted by Crippen LogP contribution is 2.31. The van der Waals surface area contributed by atoms with E-state index < -0.39 is 18.5 Å². The predicted molar refractivity (Wildman–Crippen MR) is 123 cm³/mol. The van der Waals surface area contributed by atoms with Crippen LogP contribution in [0.25, 0.3) is 0 Å². The van der Waals surface area contributed by atoms with Gasteiger partial charge in [0, 0.05) is 24.3 Å². The molecule has 0 spiro atoms. The molecule has 4 amide bonds. The van der Waals surface area contributed by atoms with Crippen molar-refractivity contribution in [3.8, 4) is 0 Å². The molecule has 0 atom stereocenters. The Morgan fingerprint density at radius 2 is 1.50 bits per heavy atom. The van der Waals surface area contributed by atoms with Gasteiger partial charge in [0.05, 0.1) is 16.7 Å². The van der Waals surface area contributed by atoms with Crippen LogP contribution in [-0.2, 0) is 14.3 Å². The molecular weight excluding hydrogens is 438 g/mol. The van der Waals surface area contributed by atoms with Crippen molar-refractivity contribution in [1.82, 2.24) is 4.90 Å². The van der Waals surface area contributed by atoms with Crippen molar-refractivity contribution < 1.29 is 28.7 Å². The SMILES string of the molecule is CC(=O)Nc1ccc(NC(=O)COC(=O)c2ccc3c(c2)C(=O)N(C2CCCCC2)C3=O)cc1. The Hall–Kier alpha value is -4.01. The van der Waals surface area contributed by atoms with E-state index in [9.17, 15) is 24.0 Å². The van der Waals surface area contributed by atoms with E-state index in [0.29, 0.717) is 11.4 Å². The number of carbonyl (C=O) groups is 5. The van der Waals surface area contributed by atoms with E-state index >= 15 is 0 Å². The Morgan fingerprint density at radius 3 is 2.15 bits per heavy atom. The summed E-state index contributed by atoms with van der Waals surface area (Å²) in [6, 6.07) is 10.6. The molecule has 0 aromatic heterocycles. The quantitative estimate of drug-likeness (QED) is 0.500. The summed E-state index contributed by atoms with van der Waals surface area (Å²) in [5, 5.41) is 5.21. The number of hydrogen-bond donors (Lipinski definition) is 2. The molecule has 2 aromatic carbocycles. The maximum Gasteiger partial charge on any atom is 0.338 e. The fourth-order valence-electron chi connectivity index (χ4n) is 4.31. The molecule has 2 aromatic rings. The highest BCUT2D eigenvalue weighted by atomic mass is 16.5. The van der Waals surface area contributed by atoms with E-state index in [2.05, 4.69) is 10.6 Å². The van der Waals surface area contributed by atoms with Crippen LogP contribution in [0.5, 0.6) is 0 Å². The third kappa shape index (κ3) is 4.98. The molecule has 1 fully saturated rings. The molecular formula is C25H25N3O6. The zero-order chi connectivity index (χ0) is 24.2. The summed E-state index contributed by atoms with van der Waals surface area (Å²) < 4.78 is 5.09. The summed E-state index contributed by atoms with van der Waals surface area (Å²) in [4.78, 5) is 62.7. The van der Waals surface area contributed by atoms with Crippen LogP contribution >= 0.6 is 0 Å². The number of imide groups is 1. The lowest BCUT2D eigenvalue weighted by Crippen LogP contribution is -2.40. The summed E-state index contributed by atoms with van der Waals surface area (Å²) in [6.07, 6.45) is 4.66. The van der Waals surface area contributed by atoms with Gasteiger partial charge in [0.25, 0.3) is 17.7 Å². The molecule has 1 aliphatic carbocycles. The van der Waals surface area contributed by atoms with Gasteiger partial charge in [-0.1, -0.05) is 19.3 Å². The minimum atomic E-state index is -0.768. The molecule has 0 bridgehead atoms. The summed E-state index contributed by atoms with van der Waals surface area (Å²) in [5.41, 5.74) is 1.63. The highest BCUT2D eigenvalue weighted by molar-refractivity contribution is 6.22. The van der Waals surface area contributed by atoms with Crippen molar-refractivity contribution in [3.05, 3.63) is 59.2 Å². The molecule has 176 valence electrons. The monoisotopic (exact) mass is 463 g/mol. The van der Waals surface area contributed by atoms with E-state index in [1.807, 2.05) is 0 Å². The Morgan fingerprint density at radius 1 is 0.882 bits per heavy atom. The number of rotatable bonds is 6. The van der Waals surface area contributed by atoms with Crippen molar-refractivity contribution in [1.29, 1.82) is 0 Å². The lowest BCUT2D eigenvalue weighted by molar-refractivity contribution is -0.119. The highest BCUT2D eigenvalue weighted by Gasteiger charge is 2.40. The average Bonchev–Trinajstić information content (AvgIpc) is 3.08. The minimum absolute atomic E-state index is 0.0952. The van der Waals surface area contributed by atoms with Crippen molar-refractivity contribution >= 4 is 41.0 Å². The smallest absolute Gasteiger partial charge is 0.338 e. The van der Waals surface area contributed by atoms with Crippen molar-refractivity contribution in [2.45, 2.75) is 45.1 Å².